The summed E-state index contributed by atoms with van der Waals surface area (Å²) in [5.41, 5.74) is 0. The molecule has 0 aromatic rings. The van der Waals surface area contributed by atoms with Crippen LogP contribution in [-0.4, -0.2) is 56.0 Å². The summed E-state index contributed by atoms with van der Waals surface area (Å²) in [6.07, 6.45) is 0.461. The summed E-state index contributed by atoms with van der Waals surface area (Å²) in [7, 11) is 5.87. The van der Waals surface area contributed by atoms with Gasteiger partial charge in [-0.1, -0.05) is 6.58 Å². The van der Waals surface area contributed by atoms with E-state index < -0.39 is 12.1 Å². The highest BCUT2D eigenvalue weighted by molar-refractivity contribution is 5.81. The molecule has 0 aliphatic carbocycles. The van der Waals surface area contributed by atoms with Crippen LogP contribution >= 0.6 is 0 Å². The van der Waals surface area contributed by atoms with E-state index in [1.54, 1.807) is 0 Å². The zero-order valence-corrected chi connectivity index (χ0v) is 8.86. The van der Waals surface area contributed by atoms with Crippen LogP contribution in [0.5, 0.6) is 0 Å². The van der Waals surface area contributed by atoms with Gasteiger partial charge in [-0.25, -0.2) is 4.79 Å². The van der Waals surface area contributed by atoms with E-state index in [0.29, 0.717) is 11.0 Å². The number of halogens is 1. The lowest BCUT2D eigenvalue weighted by Crippen LogP contribution is -3.00. The molecule has 5 heteroatoms. The van der Waals surface area contributed by atoms with Crippen molar-refractivity contribution >= 4 is 5.97 Å². The maximum Gasteiger partial charge on any atom is 0.330 e. The molecule has 0 fully saturated rings. The summed E-state index contributed by atoms with van der Waals surface area (Å²) in [4.78, 5) is 10.6. The summed E-state index contributed by atoms with van der Waals surface area (Å²) in [5, 5.41) is 9.40. The van der Waals surface area contributed by atoms with E-state index in [4.69, 9.17) is 0 Å². The van der Waals surface area contributed by atoms with Crippen LogP contribution in [0.2, 0.25) is 0 Å². The zero-order valence-electron chi connectivity index (χ0n) is 8.86. The minimum Gasteiger partial charge on any atom is -1.00 e. The maximum absolute atomic E-state index is 10.6. The highest BCUT2D eigenvalue weighted by atomic mass is 19.0. The van der Waals surface area contributed by atoms with Crippen LogP contribution in [0.3, 0.4) is 0 Å². The van der Waals surface area contributed by atoms with Crippen LogP contribution in [0.25, 0.3) is 0 Å². The van der Waals surface area contributed by atoms with Crippen LogP contribution < -0.4 is 4.70 Å². The lowest BCUT2D eigenvalue weighted by Gasteiger charge is -2.26. The Bertz CT molecular complexity index is 189. The quantitative estimate of drug-likeness (QED) is 0.293. The van der Waals surface area contributed by atoms with Crippen molar-refractivity contribution in [1.82, 2.24) is 0 Å². The fourth-order valence-corrected chi connectivity index (χ4v) is 0.922. The molecule has 0 saturated carbocycles. The number of ether oxygens (including phenoxy) is 1. The molecule has 0 rings (SSSR count). The average Bonchev–Trinajstić information content (AvgIpc) is 1.97. The predicted molar refractivity (Wildman–Crippen MR) is 50.1 cm³/mol. The monoisotopic (exact) mass is 207 g/mol. The molecular formula is C9H18FNO3. The lowest BCUT2D eigenvalue weighted by molar-refractivity contribution is -0.873. The molecule has 0 aliphatic heterocycles. The Morgan fingerprint density at radius 3 is 2.43 bits per heavy atom. The summed E-state index contributed by atoms with van der Waals surface area (Å²) in [6, 6.07) is 0. The van der Waals surface area contributed by atoms with Crippen molar-refractivity contribution in [2.75, 3.05) is 34.3 Å². The standard InChI is InChI=1S/C9H18NO3.FH/c1-5-9(12)13-7-8(11)6-10(2,3)4;/h5,8,11H,1,6-7H2,2-4H3;1H/q+1;/p-1. The number of rotatable bonds is 5. The summed E-state index contributed by atoms with van der Waals surface area (Å²) >= 11 is 0. The summed E-state index contributed by atoms with van der Waals surface area (Å²) in [6.45, 7) is 3.83. The number of aliphatic hydroxyl groups excluding tert-OH is 1. The zero-order chi connectivity index (χ0) is 10.5. The maximum atomic E-state index is 10.6. The summed E-state index contributed by atoms with van der Waals surface area (Å²) in [5.74, 6) is -0.500. The van der Waals surface area contributed by atoms with Gasteiger partial charge < -0.3 is 19.0 Å². The molecule has 0 aromatic heterocycles. The van der Waals surface area contributed by atoms with Crippen LogP contribution in [0.1, 0.15) is 0 Å². The third-order valence-electron chi connectivity index (χ3n) is 1.34. The Hall–Kier alpha value is -0.940. The van der Waals surface area contributed by atoms with E-state index >= 15 is 0 Å². The first-order valence-corrected chi connectivity index (χ1v) is 4.13. The number of carbonyl (C=O) groups is 1. The molecule has 1 N–H and O–H groups in total. The van der Waals surface area contributed by atoms with Gasteiger partial charge in [0, 0.05) is 6.08 Å². The van der Waals surface area contributed by atoms with Gasteiger partial charge in [-0.15, -0.1) is 0 Å². The number of hydrogen-bond donors (Lipinski definition) is 1. The Labute approximate surface area is 83.7 Å². The first-order valence-electron chi connectivity index (χ1n) is 4.13. The largest absolute Gasteiger partial charge is 1.00 e. The number of likely N-dealkylation sites (N-methyl/N-ethyl adjacent to an activating group) is 1. The predicted octanol–water partition coefficient (Wildman–Crippen LogP) is -3.21. The average molecular weight is 207 g/mol. The van der Waals surface area contributed by atoms with Crippen LogP contribution in [0, 0.1) is 0 Å². The SMILES string of the molecule is C=CC(=O)OCC(O)C[N+](C)(C)C.[F-]. The van der Waals surface area contributed by atoms with Crippen LogP contribution in [0.4, 0.5) is 0 Å². The fraction of sp³-hybridized carbons (Fsp3) is 0.667. The Morgan fingerprint density at radius 1 is 1.57 bits per heavy atom. The lowest BCUT2D eigenvalue weighted by atomic mass is 10.3. The first-order chi connectivity index (χ1) is 5.85. The minimum atomic E-state index is -0.621. The number of aliphatic hydroxyl groups is 1. The van der Waals surface area contributed by atoms with E-state index in [1.165, 1.54) is 0 Å². The molecule has 1 atom stereocenters. The van der Waals surface area contributed by atoms with E-state index in [1.807, 2.05) is 21.1 Å². The molecule has 0 aromatic carbocycles. The van der Waals surface area contributed by atoms with Gasteiger partial charge in [-0.05, 0) is 0 Å². The number of carbonyl (C=O) groups excluding carboxylic acids is 1. The number of nitrogens with zero attached hydrogens (tertiary/aromatic N) is 1. The van der Waals surface area contributed by atoms with Gasteiger partial charge in [-0.3, -0.25) is 0 Å². The molecule has 0 bridgehead atoms. The Kier molecular flexibility index (Phi) is 7.21. The van der Waals surface area contributed by atoms with Crippen LogP contribution in [-0.2, 0) is 9.53 Å². The highest BCUT2D eigenvalue weighted by Crippen LogP contribution is 1.95. The van der Waals surface area contributed by atoms with Crippen molar-refractivity contribution in [2.45, 2.75) is 6.10 Å². The van der Waals surface area contributed by atoms with Gasteiger partial charge in [-0.2, -0.15) is 0 Å². The van der Waals surface area contributed by atoms with Gasteiger partial charge in [0.15, 0.2) is 0 Å². The van der Waals surface area contributed by atoms with E-state index in [9.17, 15) is 9.90 Å². The van der Waals surface area contributed by atoms with Crippen molar-refractivity contribution in [3.8, 4) is 0 Å². The molecule has 0 radical (unpaired) electrons. The van der Waals surface area contributed by atoms with Crippen molar-refractivity contribution in [1.29, 1.82) is 0 Å². The van der Waals surface area contributed by atoms with Gasteiger partial charge in [0.1, 0.15) is 19.3 Å². The van der Waals surface area contributed by atoms with E-state index in [-0.39, 0.29) is 11.3 Å². The van der Waals surface area contributed by atoms with E-state index in [2.05, 4.69) is 11.3 Å². The molecule has 4 nitrogen and oxygen atoms in total. The van der Waals surface area contributed by atoms with Crippen molar-refractivity contribution in [3.63, 3.8) is 0 Å². The normalized spacial score (nSPS) is 12.6. The van der Waals surface area contributed by atoms with E-state index in [0.717, 1.165) is 6.08 Å². The summed E-state index contributed by atoms with van der Waals surface area (Å²) < 4.78 is 5.31. The van der Waals surface area contributed by atoms with Gasteiger partial charge in [0.2, 0.25) is 0 Å². The third-order valence-corrected chi connectivity index (χ3v) is 1.34. The van der Waals surface area contributed by atoms with Gasteiger partial charge in [0.05, 0.1) is 21.1 Å². The number of esters is 1. The third kappa shape index (κ3) is 9.15. The van der Waals surface area contributed by atoms with Crippen molar-refractivity contribution in [3.05, 3.63) is 12.7 Å². The van der Waals surface area contributed by atoms with Crippen molar-refractivity contribution < 1.29 is 23.8 Å². The second kappa shape index (κ2) is 6.50. The molecule has 0 saturated heterocycles. The molecule has 84 valence electrons. The molecular weight excluding hydrogens is 189 g/mol. The topological polar surface area (TPSA) is 46.5 Å². The molecule has 0 aliphatic rings. The molecule has 14 heavy (non-hydrogen) atoms. The smallest absolute Gasteiger partial charge is 0.330 e. The van der Waals surface area contributed by atoms with Crippen molar-refractivity contribution in [2.24, 2.45) is 0 Å². The second-order valence-electron chi connectivity index (χ2n) is 3.96. The number of hydrogen-bond acceptors (Lipinski definition) is 3. The highest BCUT2D eigenvalue weighted by Gasteiger charge is 2.16. The number of quaternary nitrogens is 1. The Morgan fingerprint density at radius 2 is 2.07 bits per heavy atom. The van der Waals surface area contributed by atoms with Crippen LogP contribution in [0.15, 0.2) is 12.7 Å². The Balaban J connectivity index is 0. The molecule has 0 spiro atoms. The first kappa shape index (κ1) is 15.5. The molecule has 0 heterocycles. The molecule has 1 unspecified atom stereocenters. The minimum absolute atomic E-state index is 0. The molecule has 0 amide bonds. The van der Waals surface area contributed by atoms with Gasteiger partial charge in [0.25, 0.3) is 0 Å². The van der Waals surface area contributed by atoms with Gasteiger partial charge >= 0.3 is 5.97 Å². The fourth-order valence-electron chi connectivity index (χ4n) is 0.922. The second-order valence-corrected chi connectivity index (χ2v) is 3.96.